The predicted molar refractivity (Wildman–Crippen MR) is 293 cm³/mol. The van der Waals surface area contributed by atoms with Crippen LogP contribution in [-0.2, 0) is 39.8 Å². The molecular weight excluding hydrogens is 875 g/mol. The first-order valence-corrected chi connectivity index (χ1v) is 29.8. The third kappa shape index (κ3) is 41.5. The number of amides is 1. The first kappa shape index (κ1) is 64.2. The molecule has 1 amide bonds. The molecule has 1 aromatic carbocycles. The summed E-state index contributed by atoms with van der Waals surface area (Å²) < 4.78 is 29.3. The first-order chi connectivity index (χ1) is 34.6. The molecule has 0 unspecified atom stereocenters. The van der Waals surface area contributed by atoms with Gasteiger partial charge in [0.2, 0.25) is 5.91 Å². The van der Waals surface area contributed by atoms with Gasteiger partial charge >= 0.3 is 0 Å². The molecule has 0 N–H and O–H groups in total. The molecule has 0 atom stereocenters. The SMILES string of the molecule is CCCCCCCCCCCCCCCCCCN(CCCCCCCCCCCCCCCCCC)CC(=O)COCC(=O)N1CCOCCOCCN(Cc2ccccc2)CCOCCOCC1. The highest BCUT2D eigenvalue weighted by molar-refractivity contribution is 5.82. The molecule has 10 nitrogen and oxygen atoms in total. The quantitative estimate of drug-likeness (QED) is 0.0594. The Hall–Kier alpha value is -1.92. The fourth-order valence-electron chi connectivity index (χ4n) is 9.53. The minimum Gasteiger partial charge on any atom is -0.378 e. The van der Waals surface area contributed by atoms with E-state index in [0.29, 0.717) is 72.5 Å². The normalized spacial score (nSPS) is 15.3. The Labute approximate surface area is 431 Å². The predicted octanol–water partition coefficient (Wildman–Crippen LogP) is 13.8. The molecule has 1 saturated heterocycles. The van der Waals surface area contributed by atoms with E-state index in [0.717, 1.165) is 45.6 Å². The number of ketones is 1. The van der Waals surface area contributed by atoms with Crippen molar-refractivity contribution in [2.45, 2.75) is 226 Å². The van der Waals surface area contributed by atoms with E-state index >= 15 is 0 Å². The van der Waals surface area contributed by atoms with Gasteiger partial charge in [0.25, 0.3) is 0 Å². The summed E-state index contributed by atoms with van der Waals surface area (Å²) in [4.78, 5) is 33.1. The summed E-state index contributed by atoms with van der Waals surface area (Å²) in [7, 11) is 0. The lowest BCUT2D eigenvalue weighted by Crippen LogP contribution is -2.40. The highest BCUT2D eigenvalue weighted by Gasteiger charge is 2.17. The largest absolute Gasteiger partial charge is 0.378 e. The zero-order valence-corrected chi connectivity index (χ0v) is 45.9. The molecule has 0 spiro atoms. The molecule has 1 aliphatic heterocycles. The van der Waals surface area contributed by atoms with Crippen molar-refractivity contribution in [1.82, 2.24) is 14.7 Å². The summed E-state index contributed by atoms with van der Waals surface area (Å²) in [5.41, 5.74) is 1.27. The number of ether oxygens (including phenoxy) is 5. The lowest BCUT2D eigenvalue weighted by Gasteiger charge is -2.24. The van der Waals surface area contributed by atoms with Crippen LogP contribution in [0.1, 0.15) is 225 Å². The molecule has 0 bridgehead atoms. The topological polar surface area (TPSA) is 90.0 Å². The maximum Gasteiger partial charge on any atom is 0.248 e. The molecule has 10 heteroatoms. The average molecular weight is 987 g/mol. The van der Waals surface area contributed by atoms with Gasteiger partial charge in [0.1, 0.15) is 13.2 Å². The van der Waals surface area contributed by atoms with E-state index in [1.54, 1.807) is 4.90 Å². The summed E-state index contributed by atoms with van der Waals surface area (Å²) in [5.74, 6) is -0.103. The van der Waals surface area contributed by atoms with Crippen LogP contribution >= 0.6 is 0 Å². The molecule has 0 aromatic heterocycles. The van der Waals surface area contributed by atoms with Crippen LogP contribution in [0.15, 0.2) is 30.3 Å². The van der Waals surface area contributed by atoms with E-state index in [2.05, 4.69) is 47.9 Å². The van der Waals surface area contributed by atoms with Crippen LogP contribution in [0.3, 0.4) is 0 Å². The molecule has 408 valence electrons. The Morgan fingerprint density at radius 1 is 0.443 bits per heavy atom. The van der Waals surface area contributed by atoms with Crippen molar-refractivity contribution >= 4 is 11.7 Å². The van der Waals surface area contributed by atoms with Crippen LogP contribution in [0.2, 0.25) is 0 Å². The smallest absolute Gasteiger partial charge is 0.248 e. The van der Waals surface area contributed by atoms with Gasteiger partial charge in [0.15, 0.2) is 5.78 Å². The van der Waals surface area contributed by atoms with E-state index < -0.39 is 0 Å². The monoisotopic (exact) mass is 986 g/mol. The Bertz CT molecular complexity index is 1200. The molecule has 70 heavy (non-hydrogen) atoms. The van der Waals surface area contributed by atoms with Gasteiger partial charge in [-0.15, -0.1) is 0 Å². The van der Waals surface area contributed by atoms with E-state index in [9.17, 15) is 9.59 Å². The van der Waals surface area contributed by atoms with Crippen LogP contribution < -0.4 is 0 Å². The second-order valence-corrected chi connectivity index (χ2v) is 20.5. The maximum absolute atomic E-state index is 13.4. The number of rotatable bonds is 42. The molecule has 1 heterocycles. The number of carbonyl (C=O) groups is 2. The lowest BCUT2D eigenvalue weighted by atomic mass is 10.0. The molecule has 0 radical (unpaired) electrons. The summed E-state index contributed by atoms with van der Waals surface area (Å²) in [6.45, 7) is 13.9. The molecular formula is C60H111N3O7. The summed E-state index contributed by atoms with van der Waals surface area (Å²) in [5, 5.41) is 0. The van der Waals surface area contributed by atoms with E-state index in [4.69, 9.17) is 23.7 Å². The molecule has 1 fully saturated rings. The number of unbranched alkanes of at least 4 members (excludes halogenated alkanes) is 30. The minimum atomic E-state index is -0.154. The first-order valence-electron chi connectivity index (χ1n) is 29.8. The number of hydrogen-bond acceptors (Lipinski definition) is 9. The van der Waals surface area contributed by atoms with Crippen LogP contribution in [0.5, 0.6) is 0 Å². The minimum absolute atomic E-state index is 0.0432. The average Bonchev–Trinajstić information content (AvgIpc) is 3.36. The van der Waals surface area contributed by atoms with Crippen LogP contribution in [0.25, 0.3) is 0 Å². The molecule has 1 aromatic rings. The molecule has 0 saturated carbocycles. The standard InChI is InChI=1S/C60H111N3O7/c1-3-5-7-9-11-13-15-17-19-21-23-25-27-29-31-36-40-61(41-37-32-30-28-26-24-22-20-18-16-14-12-10-8-6-4-2)55-59(64)56-70-57-60(65)63-44-48-68-52-50-66-46-42-62(54-58-38-34-33-35-39-58)43-47-67-51-53-69-49-45-63/h33-35,38-39H,3-32,36-37,40-57H2,1-2H3. The van der Waals surface area contributed by atoms with E-state index in [1.807, 2.05) is 6.07 Å². The van der Waals surface area contributed by atoms with Gasteiger partial charge in [0, 0.05) is 32.7 Å². The zero-order valence-electron chi connectivity index (χ0n) is 45.9. The zero-order chi connectivity index (χ0) is 49.9. The number of Topliss-reactive ketones (excluding diaryl/α,β-unsaturated/α-hetero) is 1. The third-order valence-electron chi connectivity index (χ3n) is 14.0. The fourth-order valence-corrected chi connectivity index (χ4v) is 9.53. The number of benzene rings is 1. The van der Waals surface area contributed by atoms with E-state index in [1.165, 1.54) is 198 Å². The third-order valence-corrected chi connectivity index (χ3v) is 14.0. The number of carbonyl (C=O) groups excluding carboxylic acids is 2. The lowest BCUT2D eigenvalue weighted by molar-refractivity contribution is -0.139. The van der Waals surface area contributed by atoms with Crippen molar-refractivity contribution < 1.29 is 33.3 Å². The van der Waals surface area contributed by atoms with Gasteiger partial charge < -0.3 is 28.6 Å². The molecule has 2 rings (SSSR count). The number of nitrogens with zero attached hydrogens (tertiary/aromatic N) is 3. The fraction of sp³-hybridized carbons (Fsp3) is 0.867. The Kier molecular flexibility index (Phi) is 46.4. The van der Waals surface area contributed by atoms with Crippen LogP contribution in [0, 0.1) is 0 Å². The van der Waals surface area contributed by atoms with Crippen molar-refractivity contribution in [2.75, 3.05) is 112 Å². The van der Waals surface area contributed by atoms with Gasteiger partial charge in [-0.25, -0.2) is 0 Å². The van der Waals surface area contributed by atoms with Gasteiger partial charge in [-0.05, 0) is 31.5 Å². The van der Waals surface area contributed by atoms with Gasteiger partial charge in [-0.1, -0.05) is 237 Å². The molecule has 0 aliphatic carbocycles. The van der Waals surface area contributed by atoms with Gasteiger partial charge in [0.05, 0.1) is 59.4 Å². The summed E-state index contributed by atoms with van der Waals surface area (Å²) in [6.07, 6.45) is 43.5. The van der Waals surface area contributed by atoms with Gasteiger partial charge in [-0.2, -0.15) is 0 Å². The summed E-state index contributed by atoms with van der Waals surface area (Å²) in [6, 6.07) is 10.5. The highest BCUT2D eigenvalue weighted by atomic mass is 16.5. The van der Waals surface area contributed by atoms with Crippen LogP contribution in [0.4, 0.5) is 0 Å². The highest BCUT2D eigenvalue weighted by Crippen LogP contribution is 2.16. The van der Waals surface area contributed by atoms with Crippen molar-refractivity contribution in [3.63, 3.8) is 0 Å². The summed E-state index contributed by atoms with van der Waals surface area (Å²) >= 11 is 0. The number of hydrogen-bond donors (Lipinski definition) is 0. The van der Waals surface area contributed by atoms with Gasteiger partial charge in [-0.3, -0.25) is 19.4 Å². The van der Waals surface area contributed by atoms with Crippen LogP contribution in [-0.4, -0.2) is 138 Å². The van der Waals surface area contributed by atoms with Crippen molar-refractivity contribution in [2.24, 2.45) is 0 Å². The van der Waals surface area contributed by atoms with Crippen molar-refractivity contribution in [3.8, 4) is 0 Å². The molecule has 1 aliphatic rings. The Morgan fingerprint density at radius 3 is 1.16 bits per heavy atom. The Morgan fingerprint density at radius 2 is 0.786 bits per heavy atom. The second-order valence-electron chi connectivity index (χ2n) is 20.5. The van der Waals surface area contributed by atoms with Crippen molar-refractivity contribution in [3.05, 3.63) is 35.9 Å². The maximum atomic E-state index is 13.4. The Balaban J connectivity index is 1.69. The second kappa shape index (κ2) is 50.6. The van der Waals surface area contributed by atoms with Crippen molar-refractivity contribution in [1.29, 1.82) is 0 Å². The van der Waals surface area contributed by atoms with E-state index in [-0.39, 0.29) is 24.9 Å².